The molecule has 0 bridgehead atoms. The first-order valence-corrected chi connectivity index (χ1v) is 8.29. The summed E-state index contributed by atoms with van der Waals surface area (Å²) in [5.41, 5.74) is 0.613. The first-order valence-electron chi connectivity index (χ1n) is 5.69. The van der Waals surface area contributed by atoms with Crippen molar-refractivity contribution in [2.75, 3.05) is 24.6 Å². The average molecular weight is 283 g/mol. The quantitative estimate of drug-likeness (QED) is 0.902. The van der Waals surface area contributed by atoms with Crippen molar-refractivity contribution >= 4 is 32.8 Å². The molecule has 1 aliphatic rings. The van der Waals surface area contributed by atoms with Gasteiger partial charge in [-0.05, 0) is 12.1 Å². The van der Waals surface area contributed by atoms with Crippen LogP contribution in [0.3, 0.4) is 0 Å². The molecule has 0 aromatic carbocycles. The fourth-order valence-electron chi connectivity index (χ4n) is 2.07. The van der Waals surface area contributed by atoms with Gasteiger partial charge in [0, 0.05) is 42.4 Å². The van der Waals surface area contributed by atoms with Gasteiger partial charge in [0.15, 0.2) is 0 Å². The number of H-pyrrole nitrogens is 1. The molecule has 1 N–H and O–H groups in total. The standard InChI is InChI=1S/C11H13N3O2S2/c15-18(16,14-4-6-17-7-5-14)10-8-13-11-9(10)2-1-3-12-11/h1-3,8H,4-7H2,(H,12,13). The van der Waals surface area contributed by atoms with Gasteiger partial charge < -0.3 is 4.98 Å². The first-order chi connectivity index (χ1) is 8.69. The summed E-state index contributed by atoms with van der Waals surface area (Å²) in [5.74, 6) is 1.72. The summed E-state index contributed by atoms with van der Waals surface area (Å²) in [7, 11) is -3.40. The van der Waals surface area contributed by atoms with Gasteiger partial charge in [-0.3, -0.25) is 0 Å². The lowest BCUT2D eigenvalue weighted by Crippen LogP contribution is -2.37. The molecular formula is C11H13N3O2S2. The van der Waals surface area contributed by atoms with E-state index in [0.29, 0.717) is 29.0 Å². The summed E-state index contributed by atoms with van der Waals surface area (Å²) in [6, 6.07) is 3.53. The zero-order valence-electron chi connectivity index (χ0n) is 9.67. The van der Waals surface area contributed by atoms with Crippen LogP contribution in [0.15, 0.2) is 29.4 Å². The molecule has 3 rings (SSSR count). The topological polar surface area (TPSA) is 66.1 Å². The van der Waals surface area contributed by atoms with Crippen molar-refractivity contribution in [1.29, 1.82) is 0 Å². The van der Waals surface area contributed by atoms with Crippen LogP contribution in [0, 0.1) is 0 Å². The van der Waals surface area contributed by atoms with Gasteiger partial charge >= 0.3 is 0 Å². The van der Waals surface area contributed by atoms with Crippen molar-refractivity contribution in [1.82, 2.24) is 14.3 Å². The molecule has 7 heteroatoms. The number of thioether (sulfide) groups is 1. The van der Waals surface area contributed by atoms with Crippen LogP contribution in [0.4, 0.5) is 0 Å². The monoisotopic (exact) mass is 283 g/mol. The Bertz CT molecular complexity index is 660. The molecule has 2 aromatic rings. The maximum atomic E-state index is 12.5. The number of aromatic amines is 1. The third kappa shape index (κ3) is 1.92. The molecule has 18 heavy (non-hydrogen) atoms. The minimum Gasteiger partial charge on any atom is -0.345 e. The van der Waals surface area contributed by atoms with E-state index in [-0.39, 0.29) is 0 Å². The van der Waals surface area contributed by atoms with Gasteiger partial charge in [0.2, 0.25) is 10.0 Å². The summed E-state index contributed by atoms with van der Waals surface area (Å²) in [4.78, 5) is 7.36. The fourth-order valence-corrected chi connectivity index (χ4v) is 4.80. The van der Waals surface area contributed by atoms with E-state index in [1.165, 1.54) is 6.20 Å². The second kappa shape index (κ2) is 4.56. The summed E-state index contributed by atoms with van der Waals surface area (Å²) < 4.78 is 26.6. The largest absolute Gasteiger partial charge is 0.345 e. The predicted octanol–water partition coefficient (Wildman–Crippen LogP) is 1.30. The van der Waals surface area contributed by atoms with Crippen molar-refractivity contribution in [2.45, 2.75) is 4.90 Å². The Hall–Kier alpha value is -1.05. The highest BCUT2D eigenvalue weighted by Crippen LogP contribution is 2.25. The summed E-state index contributed by atoms with van der Waals surface area (Å²) in [6.07, 6.45) is 3.18. The second-order valence-corrected chi connectivity index (χ2v) is 7.20. The van der Waals surface area contributed by atoms with Crippen LogP contribution in [0.2, 0.25) is 0 Å². The molecular weight excluding hydrogens is 270 g/mol. The number of fused-ring (bicyclic) bond motifs is 1. The van der Waals surface area contributed by atoms with Gasteiger partial charge in [-0.15, -0.1) is 0 Å². The zero-order valence-corrected chi connectivity index (χ0v) is 11.3. The smallest absolute Gasteiger partial charge is 0.245 e. The first kappa shape index (κ1) is 12.0. The number of pyridine rings is 1. The number of rotatable bonds is 2. The molecule has 2 aromatic heterocycles. The summed E-state index contributed by atoms with van der Waals surface area (Å²) in [5, 5.41) is 0.663. The van der Waals surface area contributed by atoms with Crippen LogP contribution in [0.25, 0.3) is 11.0 Å². The Morgan fingerprint density at radius 3 is 2.89 bits per heavy atom. The maximum Gasteiger partial charge on any atom is 0.245 e. The molecule has 0 amide bonds. The van der Waals surface area contributed by atoms with Crippen LogP contribution < -0.4 is 0 Å². The van der Waals surface area contributed by atoms with Gasteiger partial charge in [-0.1, -0.05) is 0 Å². The minimum atomic E-state index is -3.40. The minimum absolute atomic E-state index is 0.331. The molecule has 0 spiro atoms. The van der Waals surface area contributed by atoms with Gasteiger partial charge in [0.1, 0.15) is 10.5 Å². The van der Waals surface area contributed by atoms with E-state index in [4.69, 9.17) is 0 Å². The number of nitrogens with zero attached hydrogens (tertiary/aromatic N) is 2. The van der Waals surface area contributed by atoms with E-state index in [2.05, 4.69) is 9.97 Å². The Morgan fingerprint density at radius 2 is 2.11 bits per heavy atom. The van der Waals surface area contributed by atoms with E-state index in [9.17, 15) is 8.42 Å². The summed E-state index contributed by atoms with van der Waals surface area (Å²) in [6.45, 7) is 1.17. The van der Waals surface area contributed by atoms with Gasteiger partial charge in [-0.25, -0.2) is 13.4 Å². The number of nitrogens with one attached hydrogen (secondary N) is 1. The highest BCUT2D eigenvalue weighted by molar-refractivity contribution is 7.99. The van der Waals surface area contributed by atoms with Crippen LogP contribution in [-0.2, 0) is 10.0 Å². The van der Waals surface area contributed by atoms with E-state index < -0.39 is 10.0 Å². The van der Waals surface area contributed by atoms with Crippen molar-refractivity contribution in [3.05, 3.63) is 24.5 Å². The van der Waals surface area contributed by atoms with Crippen molar-refractivity contribution in [3.63, 3.8) is 0 Å². The Labute approximate surface area is 110 Å². The van der Waals surface area contributed by atoms with Gasteiger partial charge in [0.25, 0.3) is 0 Å². The molecule has 0 unspecified atom stereocenters. The lowest BCUT2D eigenvalue weighted by Gasteiger charge is -2.25. The van der Waals surface area contributed by atoms with Crippen molar-refractivity contribution in [2.24, 2.45) is 0 Å². The highest BCUT2D eigenvalue weighted by atomic mass is 32.2. The maximum absolute atomic E-state index is 12.5. The van der Waals surface area contributed by atoms with Crippen molar-refractivity contribution < 1.29 is 8.42 Å². The van der Waals surface area contributed by atoms with Crippen LogP contribution in [0.5, 0.6) is 0 Å². The van der Waals surface area contributed by atoms with E-state index in [1.807, 2.05) is 0 Å². The fraction of sp³-hybridized carbons (Fsp3) is 0.364. The predicted molar refractivity (Wildman–Crippen MR) is 72.2 cm³/mol. The number of hydrogen-bond donors (Lipinski definition) is 1. The van der Waals surface area contributed by atoms with Crippen LogP contribution in [0.1, 0.15) is 0 Å². The molecule has 0 atom stereocenters. The zero-order chi connectivity index (χ0) is 12.6. The average Bonchev–Trinajstić information content (AvgIpc) is 2.84. The lowest BCUT2D eigenvalue weighted by atomic mass is 10.3. The number of sulfonamides is 1. The van der Waals surface area contributed by atoms with E-state index in [1.54, 1.807) is 34.4 Å². The molecule has 1 fully saturated rings. The summed E-state index contributed by atoms with van der Waals surface area (Å²) >= 11 is 1.79. The van der Waals surface area contributed by atoms with Crippen LogP contribution in [-0.4, -0.2) is 47.3 Å². The number of aromatic nitrogens is 2. The lowest BCUT2D eigenvalue weighted by molar-refractivity contribution is 0.444. The van der Waals surface area contributed by atoms with E-state index >= 15 is 0 Å². The van der Waals surface area contributed by atoms with Gasteiger partial charge in [0.05, 0.1) is 0 Å². The Morgan fingerprint density at radius 1 is 1.33 bits per heavy atom. The van der Waals surface area contributed by atoms with Crippen LogP contribution >= 0.6 is 11.8 Å². The molecule has 0 saturated carbocycles. The molecule has 0 radical (unpaired) electrons. The second-order valence-electron chi connectivity index (χ2n) is 4.07. The van der Waals surface area contributed by atoms with Crippen molar-refractivity contribution in [3.8, 4) is 0 Å². The molecule has 3 heterocycles. The normalized spacial score (nSPS) is 18.2. The van der Waals surface area contributed by atoms with E-state index in [0.717, 1.165) is 11.5 Å². The third-order valence-electron chi connectivity index (χ3n) is 3.00. The number of hydrogen-bond acceptors (Lipinski definition) is 4. The molecule has 96 valence electrons. The molecule has 1 aliphatic heterocycles. The Kier molecular flexibility index (Phi) is 3.04. The highest BCUT2D eigenvalue weighted by Gasteiger charge is 2.28. The third-order valence-corrected chi connectivity index (χ3v) is 5.88. The molecule has 0 aliphatic carbocycles. The van der Waals surface area contributed by atoms with Gasteiger partial charge in [-0.2, -0.15) is 16.1 Å². The SMILES string of the molecule is O=S(=O)(c1c[nH]c2ncccc12)N1CCSCC1. The molecule has 5 nitrogen and oxygen atoms in total. The Balaban J connectivity index is 2.07. The molecule has 1 saturated heterocycles.